The van der Waals surface area contributed by atoms with Crippen molar-refractivity contribution in [1.29, 1.82) is 0 Å². The Labute approximate surface area is 129 Å². The van der Waals surface area contributed by atoms with Gasteiger partial charge in [-0.15, -0.1) is 0 Å². The predicted octanol–water partition coefficient (Wildman–Crippen LogP) is 3.31. The van der Waals surface area contributed by atoms with E-state index in [-0.39, 0.29) is 11.3 Å². The van der Waals surface area contributed by atoms with Crippen LogP contribution in [0.5, 0.6) is 0 Å². The number of hydrogen-bond acceptors (Lipinski definition) is 2. The van der Waals surface area contributed by atoms with Crippen LogP contribution >= 0.6 is 11.6 Å². The zero-order valence-electron chi connectivity index (χ0n) is 12.1. The van der Waals surface area contributed by atoms with E-state index < -0.39 is 5.97 Å². The van der Waals surface area contributed by atoms with Crippen molar-refractivity contribution in [2.45, 2.75) is 20.3 Å². The quantitative estimate of drug-likeness (QED) is 0.872. The van der Waals surface area contributed by atoms with Crippen molar-refractivity contribution in [3.8, 4) is 0 Å². The van der Waals surface area contributed by atoms with Crippen LogP contribution in [0.4, 0.5) is 0 Å². The third-order valence-corrected chi connectivity index (χ3v) is 3.94. The second-order valence-electron chi connectivity index (χ2n) is 6.05. The summed E-state index contributed by atoms with van der Waals surface area (Å²) in [6.07, 6.45) is 3.43. The molecule has 1 N–H and O–H groups in total. The number of halogens is 1. The molecule has 4 nitrogen and oxygen atoms in total. The van der Waals surface area contributed by atoms with E-state index in [1.807, 2.05) is 4.90 Å². The molecule has 2 rings (SSSR count). The summed E-state index contributed by atoms with van der Waals surface area (Å²) in [6, 6.07) is 4.94. The molecule has 1 aliphatic rings. The summed E-state index contributed by atoms with van der Waals surface area (Å²) in [7, 11) is 0. The molecule has 0 atom stereocenters. The van der Waals surface area contributed by atoms with Gasteiger partial charge in [0.05, 0.1) is 0 Å². The average Bonchev–Trinajstić information content (AvgIpc) is 2.76. The molecule has 112 valence electrons. The van der Waals surface area contributed by atoms with Gasteiger partial charge < -0.3 is 10.0 Å². The van der Waals surface area contributed by atoms with Gasteiger partial charge in [0.2, 0.25) is 0 Å². The highest BCUT2D eigenvalue weighted by molar-refractivity contribution is 6.32. The Kier molecular flexibility index (Phi) is 4.37. The third-order valence-electron chi connectivity index (χ3n) is 3.62. The average molecular weight is 308 g/mol. The van der Waals surface area contributed by atoms with Gasteiger partial charge in [0.1, 0.15) is 0 Å². The molecule has 0 bridgehead atoms. The molecule has 1 aliphatic heterocycles. The van der Waals surface area contributed by atoms with Crippen LogP contribution in [0.25, 0.3) is 6.08 Å². The highest BCUT2D eigenvalue weighted by Crippen LogP contribution is 2.30. The maximum atomic E-state index is 12.4. The molecule has 1 fully saturated rings. The minimum Gasteiger partial charge on any atom is -0.478 e. The largest absolute Gasteiger partial charge is 0.478 e. The van der Waals surface area contributed by atoms with Crippen molar-refractivity contribution in [2.24, 2.45) is 5.41 Å². The van der Waals surface area contributed by atoms with Gasteiger partial charge >= 0.3 is 5.97 Å². The number of carbonyl (C=O) groups is 2. The molecule has 1 amide bonds. The summed E-state index contributed by atoms with van der Waals surface area (Å²) in [5.74, 6) is -1.07. The number of nitrogens with zero attached hydrogens (tertiary/aromatic N) is 1. The lowest BCUT2D eigenvalue weighted by atomic mass is 9.93. The van der Waals surface area contributed by atoms with E-state index >= 15 is 0 Å². The van der Waals surface area contributed by atoms with Crippen LogP contribution in [-0.4, -0.2) is 35.0 Å². The smallest absolute Gasteiger partial charge is 0.328 e. The molecule has 0 radical (unpaired) electrons. The van der Waals surface area contributed by atoms with E-state index in [0.717, 1.165) is 25.6 Å². The fraction of sp³-hybridized carbons (Fsp3) is 0.375. The maximum absolute atomic E-state index is 12.4. The highest BCUT2D eigenvalue weighted by atomic mass is 35.5. The van der Waals surface area contributed by atoms with Crippen LogP contribution in [0.15, 0.2) is 24.3 Å². The van der Waals surface area contributed by atoms with Crippen molar-refractivity contribution in [1.82, 2.24) is 4.90 Å². The van der Waals surface area contributed by atoms with Crippen molar-refractivity contribution in [3.05, 3.63) is 40.4 Å². The summed E-state index contributed by atoms with van der Waals surface area (Å²) in [6.45, 7) is 5.79. The zero-order chi connectivity index (χ0) is 15.6. The first-order chi connectivity index (χ1) is 9.78. The molecule has 1 aromatic rings. The standard InChI is InChI=1S/C16H18ClNO3/c1-16(2)7-8-18(10-16)15(21)12-4-3-11(13(17)9-12)5-6-14(19)20/h3-6,9H,7-8,10H2,1-2H3,(H,19,20)/b6-5+. The molecule has 0 aromatic heterocycles. The SMILES string of the molecule is CC1(C)CCN(C(=O)c2ccc(/C=C/C(=O)O)c(Cl)c2)C1. The number of hydrogen-bond donors (Lipinski definition) is 1. The number of likely N-dealkylation sites (tertiary alicyclic amines) is 1. The first-order valence-electron chi connectivity index (χ1n) is 6.78. The van der Waals surface area contributed by atoms with E-state index in [1.54, 1.807) is 18.2 Å². The third kappa shape index (κ3) is 3.85. The fourth-order valence-electron chi connectivity index (χ4n) is 2.42. The van der Waals surface area contributed by atoms with Gasteiger partial charge in [0.25, 0.3) is 5.91 Å². The van der Waals surface area contributed by atoms with E-state index in [4.69, 9.17) is 16.7 Å². The second kappa shape index (κ2) is 5.90. The molecule has 21 heavy (non-hydrogen) atoms. The fourth-order valence-corrected chi connectivity index (χ4v) is 2.67. The van der Waals surface area contributed by atoms with E-state index in [0.29, 0.717) is 16.1 Å². The van der Waals surface area contributed by atoms with Gasteiger partial charge in [0.15, 0.2) is 0 Å². The minimum absolute atomic E-state index is 0.0313. The van der Waals surface area contributed by atoms with E-state index in [1.165, 1.54) is 6.08 Å². The summed E-state index contributed by atoms with van der Waals surface area (Å²) >= 11 is 6.10. The molecule has 1 heterocycles. The molecular formula is C16H18ClNO3. The maximum Gasteiger partial charge on any atom is 0.328 e. The van der Waals surface area contributed by atoms with Crippen LogP contribution in [0.3, 0.4) is 0 Å². The van der Waals surface area contributed by atoms with Gasteiger partial charge in [0, 0.05) is 29.8 Å². The van der Waals surface area contributed by atoms with Crippen LogP contribution in [-0.2, 0) is 4.79 Å². The number of benzene rings is 1. The van der Waals surface area contributed by atoms with Crippen molar-refractivity contribution in [2.75, 3.05) is 13.1 Å². The van der Waals surface area contributed by atoms with Crippen molar-refractivity contribution >= 4 is 29.6 Å². The second-order valence-corrected chi connectivity index (χ2v) is 6.46. The number of aliphatic carboxylic acids is 1. The zero-order valence-corrected chi connectivity index (χ0v) is 12.9. The topological polar surface area (TPSA) is 57.6 Å². The molecule has 1 saturated heterocycles. The summed E-state index contributed by atoms with van der Waals surface area (Å²) < 4.78 is 0. The molecule has 1 aromatic carbocycles. The Bertz CT molecular complexity index is 608. The molecule has 5 heteroatoms. The first-order valence-corrected chi connectivity index (χ1v) is 7.16. The van der Waals surface area contributed by atoms with Gasteiger partial charge in [-0.3, -0.25) is 4.79 Å². The predicted molar refractivity (Wildman–Crippen MR) is 82.4 cm³/mol. The van der Waals surface area contributed by atoms with Crippen molar-refractivity contribution in [3.63, 3.8) is 0 Å². The summed E-state index contributed by atoms with van der Waals surface area (Å²) in [5, 5.41) is 8.98. The van der Waals surface area contributed by atoms with E-state index in [2.05, 4.69) is 13.8 Å². The van der Waals surface area contributed by atoms with Crippen LogP contribution in [0, 0.1) is 5.41 Å². The Morgan fingerprint density at radius 2 is 2.10 bits per heavy atom. The molecular weight excluding hydrogens is 290 g/mol. The van der Waals surface area contributed by atoms with Gasteiger partial charge in [-0.05, 0) is 35.6 Å². The van der Waals surface area contributed by atoms with Gasteiger partial charge in [-0.1, -0.05) is 31.5 Å². The molecule has 0 aliphatic carbocycles. The molecule has 0 saturated carbocycles. The monoisotopic (exact) mass is 307 g/mol. The Hall–Kier alpha value is -1.81. The van der Waals surface area contributed by atoms with Gasteiger partial charge in [-0.2, -0.15) is 0 Å². The number of carboxylic acids is 1. The summed E-state index contributed by atoms with van der Waals surface area (Å²) in [4.78, 5) is 24.8. The van der Waals surface area contributed by atoms with Gasteiger partial charge in [-0.25, -0.2) is 4.79 Å². The number of rotatable bonds is 3. The van der Waals surface area contributed by atoms with Crippen LogP contribution in [0.2, 0.25) is 5.02 Å². The van der Waals surface area contributed by atoms with Crippen molar-refractivity contribution < 1.29 is 14.7 Å². The first kappa shape index (κ1) is 15.6. The lowest BCUT2D eigenvalue weighted by Gasteiger charge is -2.20. The lowest BCUT2D eigenvalue weighted by Crippen LogP contribution is -2.30. The summed E-state index contributed by atoms with van der Waals surface area (Å²) in [5.41, 5.74) is 1.27. The Balaban J connectivity index is 2.17. The molecule has 0 unspecified atom stereocenters. The normalized spacial score (nSPS) is 17.4. The number of carboxylic acid groups (broad SMARTS) is 1. The van der Waals surface area contributed by atoms with E-state index in [9.17, 15) is 9.59 Å². The number of amides is 1. The Morgan fingerprint density at radius 1 is 1.38 bits per heavy atom. The Morgan fingerprint density at radius 3 is 2.62 bits per heavy atom. The van der Waals surface area contributed by atoms with Crippen LogP contribution in [0.1, 0.15) is 36.2 Å². The lowest BCUT2D eigenvalue weighted by molar-refractivity contribution is -0.131. The number of carbonyl (C=O) groups excluding carboxylic acids is 1. The minimum atomic E-state index is -1.04. The van der Waals surface area contributed by atoms with Crippen LogP contribution < -0.4 is 0 Å². The molecule has 0 spiro atoms. The highest BCUT2D eigenvalue weighted by Gasteiger charge is 2.32.